The molecule has 1 rings (SSSR count). The van der Waals surface area contributed by atoms with E-state index >= 15 is 0 Å². The molecule has 0 aromatic rings. The smallest absolute Gasteiger partial charge is 0.318 e. The van der Waals surface area contributed by atoms with Gasteiger partial charge in [0.25, 0.3) is 10.2 Å². The number of aliphatic carboxylic acids is 1. The van der Waals surface area contributed by atoms with Crippen LogP contribution in [-0.4, -0.2) is 67.4 Å². The topological polar surface area (TPSA) is 104 Å². The largest absolute Gasteiger partial charge is 0.480 e. The average Bonchev–Trinajstić information content (AvgIpc) is 2.43. The molecule has 1 aliphatic rings. The van der Waals surface area contributed by atoms with Crippen LogP contribution >= 0.6 is 0 Å². The monoisotopic (exact) mass is 308 g/mol. The highest BCUT2D eigenvalue weighted by Gasteiger charge is 2.35. The van der Waals surface area contributed by atoms with Crippen LogP contribution in [0.2, 0.25) is 0 Å². The highest BCUT2D eigenvalue weighted by Crippen LogP contribution is 2.22. The van der Waals surface area contributed by atoms with E-state index in [2.05, 4.69) is 4.74 Å². The molecule has 8 nitrogen and oxygen atoms in total. The van der Waals surface area contributed by atoms with E-state index in [0.29, 0.717) is 12.8 Å². The van der Waals surface area contributed by atoms with E-state index < -0.39 is 22.7 Å². The normalized spacial score (nSPS) is 18.1. The summed E-state index contributed by atoms with van der Waals surface area (Å²) in [6, 6.07) is 0. The van der Waals surface area contributed by atoms with E-state index in [0.717, 1.165) is 4.31 Å². The molecule has 0 atom stereocenters. The number of carboxylic acids is 1. The van der Waals surface area contributed by atoms with E-state index in [4.69, 9.17) is 5.11 Å². The fourth-order valence-corrected chi connectivity index (χ4v) is 3.76. The number of rotatable bonds is 6. The standard InChI is InChI=1S/C11H20N2O6S/c1-3-12(8-10(14)15)20(17,18)13-6-4-9(5-7-13)11(16)19-2/h9H,3-8H2,1-2H3,(H,14,15). The van der Waals surface area contributed by atoms with Crippen molar-refractivity contribution in [2.24, 2.45) is 5.92 Å². The molecule has 1 heterocycles. The van der Waals surface area contributed by atoms with Crippen molar-refractivity contribution in [2.75, 3.05) is 33.3 Å². The summed E-state index contributed by atoms with van der Waals surface area (Å²) in [6.07, 6.45) is 0.771. The molecule has 0 aliphatic carbocycles. The first-order valence-electron chi connectivity index (χ1n) is 6.37. The molecule has 1 saturated heterocycles. The highest BCUT2D eigenvalue weighted by atomic mass is 32.2. The molecular formula is C11H20N2O6S. The van der Waals surface area contributed by atoms with Crippen molar-refractivity contribution < 1.29 is 27.9 Å². The summed E-state index contributed by atoms with van der Waals surface area (Å²) in [5, 5.41) is 8.74. The molecule has 0 aromatic carbocycles. The van der Waals surface area contributed by atoms with Crippen LogP contribution in [0.4, 0.5) is 0 Å². The maximum absolute atomic E-state index is 12.3. The van der Waals surface area contributed by atoms with E-state index in [1.807, 2.05) is 0 Å². The third-order valence-electron chi connectivity index (χ3n) is 3.31. The van der Waals surface area contributed by atoms with Gasteiger partial charge in [-0.05, 0) is 12.8 Å². The quantitative estimate of drug-likeness (QED) is 0.665. The fourth-order valence-electron chi connectivity index (χ4n) is 2.16. The number of methoxy groups -OCH3 is 1. The molecule has 0 amide bonds. The Kier molecular flexibility index (Phi) is 5.90. The van der Waals surface area contributed by atoms with Crippen LogP contribution in [0.15, 0.2) is 0 Å². The number of esters is 1. The minimum absolute atomic E-state index is 0.0889. The van der Waals surface area contributed by atoms with Crippen LogP contribution in [0.3, 0.4) is 0 Å². The number of ether oxygens (including phenoxy) is 1. The molecule has 1 N–H and O–H groups in total. The van der Waals surface area contributed by atoms with Crippen molar-refractivity contribution in [3.8, 4) is 0 Å². The summed E-state index contributed by atoms with van der Waals surface area (Å²) in [6.45, 7) is 1.50. The number of carboxylic acid groups (broad SMARTS) is 1. The van der Waals surface area contributed by atoms with Gasteiger partial charge in [0.05, 0.1) is 13.0 Å². The number of carbonyl (C=O) groups excluding carboxylic acids is 1. The Morgan fingerprint density at radius 1 is 1.35 bits per heavy atom. The predicted molar refractivity (Wildman–Crippen MR) is 70.1 cm³/mol. The minimum atomic E-state index is -3.79. The van der Waals surface area contributed by atoms with Crippen molar-refractivity contribution in [1.82, 2.24) is 8.61 Å². The lowest BCUT2D eigenvalue weighted by atomic mass is 9.99. The summed E-state index contributed by atoms with van der Waals surface area (Å²) in [4.78, 5) is 22.1. The van der Waals surface area contributed by atoms with Gasteiger partial charge >= 0.3 is 11.9 Å². The molecule has 1 aliphatic heterocycles. The number of piperidine rings is 1. The molecule has 1 fully saturated rings. The second kappa shape index (κ2) is 7.00. The first-order chi connectivity index (χ1) is 9.32. The van der Waals surface area contributed by atoms with Gasteiger partial charge in [0, 0.05) is 19.6 Å². The molecule has 0 unspecified atom stereocenters. The number of hydrogen-bond acceptors (Lipinski definition) is 5. The van der Waals surface area contributed by atoms with Crippen molar-refractivity contribution >= 4 is 22.1 Å². The zero-order valence-electron chi connectivity index (χ0n) is 11.6. The highest BCUT2D eigenvalue weighted by molar-refractivity contribution is 7.86. The van der Waals surface area contributed by atoms with Gasteiger partial charge in [0.1, 0.15) is 6.54 Å². The molecule has 0 radical (unpaired) electrons. The fraction of sp³-hybridized carbons (Fsp3) is 0.818. The Labute approximate surface area is 118 Å². The Balaban J connectivity index is 2.71. The molecule has 116 valence electrons. The predicted octanol–water partition coefficient (Wildman–Crippen LogP) is -0.477. The zero-order valence-corrected chi connectivity index (χ0v) is 12.4. The van der Waals surface area contributed by atoms with Crippen molar-refractivity contribution in [3.63, 3.8) is 0 Å². The summed E-state index contributed by atoms with van der Waals surface area (Å²) < 4.78 is 31.3. The van der Waals surface area contributed by atoms with E-state index in [9.17, 15) is 18.0 Å². The third kappa shape index (κ3) is 3.90. The molecule has 0 spiro atoms. The zero-order chi connectivity index (χ0) is 15.3. The van der Waals surface area contributed by atoms with Crippen LogP contribution in [0, 0.1) is 5.92 Å². The van der Waals surface area contributed by atoms with Gasteiger partial charge in [-0.2, -0.15) is 17.0 Å². The molecule has 20 heavy (non-hydrogen) atoms. The lowest BCUT2D eigenvalue weighted by Gasteiger charge is -2.33. The maximum Gasteiger partial charge on any atom is 0.318 e. The Morgan fingerprint density at radius 3 is 2.30 bits per heavy atom. The van der Waals surface area contributed by atoms with Crippen molar-refractivity contribution in [2.45, 2.75) is 19.8 Å². The first-order valence-corrected chi connectivity index (χ1v) is 7.77. The average molecular weight is 308 g/mol. The Hall–Kier alpha value is -1.19. The van der Waals surface area contributed by atoms with Crippen molar-refractivity contribution in [3.05, 3.63) is 0 Å². The van der Waals surface area contributed by atoms with Crippen molar-refractivity contribution in [1.29, 1.82) is 0 Å². The van der Waals surface area contributed by atoms with E-state index in [-0.39, 0.29) is 31.5 Å². The van der Waals surface area contributed by atoms with Crippen LogP contribution in [0.5, 0.6) is 0 Å². The van der Waals surface area contributed by atoms with Crippen LogP contribution in [0.25, 0.3) is 0 Å². The second-order valence-corrected chi connectivity index (χ2v) is 6.45. The molecule has 0 bridgehead atoms. The van der Waals surface area contributed by atoms with Gasteiger partial charge in [0.15, 0.2) is 0 Å². The summed E-state index contributed by atoms with van der Waals surface area (Å²) in [7, 11) is -2.49. The summed E-state index contributed by atoms with van der Waals surface area (Å²) in [5.41, 5.74) is 0. The van der Waals surface area contributed by atoms with Gasteiger partial charge in [-0.1, -0.05) is 6.92 Å². The third-order valence-corrected chi connectivity index (χ3v) is 5.36. The Bertz CT molecular complexity index is 456. The van der Waals surface area contributed by atoms with Gasteiger partial charge in [-0.15, -0.1) is 0 Å². The van der Waals surface area contributed by atoms with Gasteiger partial charge < -0.3 is 9.84 Å². The summed E-state index contributed by atoms with van der Waals surface area (Å²) >= 11 is 0. The maximum atomic E-state index is 12.3. The lowest BCUT2D eigenvalue weighted by molar-refractivity contribution is -0.146. The van der Waals surface area contributed by atoms with Gasteiger partial charge in [0.2, 0.25) is 0 Å². The number of likely N-dealkylation sites (N-methyl/N-ethyl adjacent to an activating group) is 1. The van der Waals surface area contributed by atoms with Crippen LogP contribution in [0.1, 0.15) is 19.8 Å². The molecule has 0 aromatic heterocycles. The number of carbonyl (C=O) groups is 2. The molecular weight excluding hydrogens is 288 g/mol. The first kappa shape index (κ1) is 16.9. The lowest BCUT2D eigenvalue weighted by Crippen LogP contribution is -2.49. The summed E-state index contributed by atoms with van der Waals surface area (Å²) in [5.74, 6) is -1.82. The van der Waals surface area contributed by atoms with Gasteiger partial charge in [-0.3, -0.25) is 9.59 Å². The SMILES string of the molecule is CCN(CC(=O)O)S(=O)(=O)N1CCC(C(=O)OC)CC1. The van der Waals surface area contributed by atoms with Crippen LogP contribution in [-0.2, 0) is 24.5 Å². The Morgan fingerprint density at radius 2 is 1.90 bits per heavy atom. The van der Waals surface area contributed by atoms with Crippen LogP contribution < -0.4 is 0 Å². The minimum Gasteiger partial charge on any atom is -0.480 e. The van der Waals surface area contributed by atoms with E-state index in [1.165, 1.54) is 11.4 Å². The number of hydrogen-bond donors (Lipinski definition) is 1. The molecule has 0 saturated carbocycles. The molecule has 9 heteroatoms. The van der Waals surface area contributed by atoms with Gasteiger partial charge in [-0.25, -0.2) is 0 Å². The van der Waals surface area contributed by atoms with E-state index in [1.54, 1.807) is 6.92 Å². The second-order valence-electron chi connectivity index (χ2n) is 4.52. The number of nitrogens with zero attached hydrogens (tertiary/aromatic N) is 2.